The van der Waals surface area contributed by atoms with E-state index in [4.69, 9.17) is 17.0 Å². The van der Waals surface area contributed by atoms with Gasteiger partial charge in [-0.2, -0.15) is 0 Å². The van der Waals surface area contributed by atoms with Crippen LogP contribution in [0.5, 0.6) is 0 Å². The van der Waals surface area contributed by atoms with Crippen molar-refractivity contribution in [1.29, 1.82) is 0 Å². The molecule has 17 heavy (non-hydrogen) atoms. The Hall–Kier alpha value is -0.930. The first-order valence-electron chi connectivity index (χ1n) is 6.07. The van der Waals surface area contributed by atoms with Gasteiger partial charge in [0.25, 0.3) is 0 Å². The number of aryl methyl sites for hydroxylation is 1. The molecule has 92 valence electrons. The van der Waals surface area contributed by atoms with E-state index >= 15 is 0 Å². The highest BCUT2D eigenvalue weighted by molar-refractivity contribution is 7.80. The number of hydrogen-bond acceptors (Lipinski definition) is 2. The third-order valence-electron chi connectivity index (χ3n) is 2.97. The number of hydrogen-bond donors (Lipinski definition) is 0. The van der Waals surface area contributed by atoms with Gasteiger partial charge in [0.2, 0.25) is 0 Å². The Morgan fingerprint density at radius 1 is 1.29 bits per heavy atom. The van der Waals surface area contributed by atoms with Crippen LogP contribution in [0.4, 0.5) is 0 Å². The number of nitrogens with zero attached hydrogens (tertiary/aromatic N) is 1. The van der Waals surface area contributed by atoms with Crippen molar-refractivity contribution in [2.75, 3.05) is 13.1 Å². The van der Waals surface area contributed by atoms with Gasteiger partial charge in [-0.3, -0.25) is 0 Å². The summed E-state index contributed by atoms with van der Waals surface area (Å²) in [6.07, 6.45) is 0.503. The zero-order chi connectivity index (χ0) is 12.4. The van der Waals surface area contributed by atoms with E-state index in [2.05, 4.69) is 49.9 Å². The Morgan fingerprint density at radius 3 is 2.53 bits per heavy atom. The first-order valence-corrected chi connectivity index (χ1v) is 6.48. The van der Waals surface area contributed by atoms with Crippen molar-refractivity contribution in [2.24, 2.45) is 0 Å². The smallest absolute Gasteiger partial charge is 0.109 e. The van der Waals surface area contributed by atoms with Crippen molar-refractivity contribution < 1.29 is 4.74 Å². The van der Waals surface area contributed by atoms with Crippen molar-refractivity contribution in [2.45, 2.75) is 33.0 Å². The van der Waals surface area contributed by atoms with Gasteiger partial charge in [-0.15, -0.1) is 0 Å². The number of rotatable bonds is 1. The second-order valence-corrected chi connectivity index (χ2v) is 5.22. The summed E-state index contributed by atoms with van der Waals surface area (Å²) < 4.78 is 5.72. The lowest BCUT2D eigenvalue weighted by molar-refractivity contribution is -0.0472. The Bertz CT molecular complexity index is 408. The van der Waals surface area contributed by atoms with Crippen LogP contribution in [-0.2, 0) is 4.74 Å². The summed E-state index contributed by atoms with van der Waals surface area (Å²) in [7, 11) is 0. The highest BCUT2D eigenvalue weighted by Crippen LogP contribution is 2.15. The van der Waals surface area contributed by atoms with Crippen LogP contribution in [-0.4, -0.2) is 35.2 Å². The fraction of sp³-hybridized carbons (Fsp3) is 0.500. The second-order valence-electron chi connectivity index (χ2n) is 4.84. The van der Waals surface area contributed by atoms with E-state index in [1.807, 2.05) is 0 Å². The highest BCUT2D eigenvalue weighted by Gasteiger charge is 2.24. The molecule has 0 aliphatic carbocycles. The maximum Gasteiger partial charge on any atom is 0.109 e. The van der Waals surface area contributed by atoms with E-state index < -0.39 is 0 Å². The van der Waals surface area contributed by atoms with Gasteiger partial charge in [0, 0.05) is 18.7 Å². The Morgan fingerprint density at radius 2 is 1.94 bits per heavy atom. The topological polar surface area (TPSA) is 12.5 Å². The van der Waals surface area contributed by atoms with E-state index in [1.54, 1.807) is 0 Å². The quantitative estimate of drug-likeness (QED) is 0.710. The lowest BCUT2D eigenvalue weighted by Crippen LogP contribution is -2.47. The zero-order valence-corrected chi connectivity index (χ0v) is 11.5. The monoisotopic (exact) mass is 249 g/mol. The summed E-state index contributed by atoms with van der Waals surface area (Å²) in [5.41, 5.74) is 2.39. The van der Waals surface area contributed by atoms with E-state index in [1.165, 1.54) is 5.56 Å². The van der Waals surface area contributed by atoms with Crippen LogP contribution in [0, 0.1) is 6.92 Å². The SMILES string of the molecule is Cc1cccc(C(=S)N2CC(C)OC(C)C2)c1. The summed E-state index contributed by atoms with van der Waals surface area (Å²) in [6.45, 7) is 8.06. The van der Waals surface area contributed by atoms with Crippen LogP contribution < -0.4 is 0 Å². The molecule has 0 aromatic heterocycles. The molecule has 0 amide bonds. The molecule has 1 aromatic rings. The van der Waals surface area contributed by atoms with E-state index in [0.717, 1.165) is 23.6 Å². The van der Waals surface area contributed by atoms with Gasteiger partial charge in [0.1, 0.15) is 4.99 Å². The third-order valence-corrected chi connectivity index (χ3v) is 3.47. The summed E-state index contributed by atoms with van der Waals surface area (Å²) >= 11 is 5.58. The average Bonchev–Trinajstić information content (AvgIpc) is 2.26. The van der Waals surface area contributed by atoms with Crippen LogP contribution >= 0.6 is 12.2 Å². The van der Waals surface area contributed by atoms with Gasteiger partial charge in [0.05, 0.1) is 12.2 Å². The Kier molecular flexibility index (Phi) is 3.79. The van der Waals surface area contributed by atoms with Crippen LogP contribution in [0.3, 0.4) is 0 Å². The van der Waals surface area contributed by atoms with Gasteiger partial charge >= 0.3 is 0 Å². The largest absolute Gasteiger partial charge is 0.372 e. The molecule has 1 fully saturated rings. The van der Waals surface area contributed by atoms with Gasteiger partial charge < -0.3 is 9.64 Å². The number of benzene rings is 1. The van der Waals surface area contributed by atoms with Crippen molar-refractivity contribution >= 4 is 17.2 Å². The van der Waals surface area contributed by atoms with Crippen molar-refractivity contribution in [3.05, 3.63) is 35.4 Å². The van der Waals surface area contributed by atoms with Crippen LogP contribution in [0.25, 0.3) is 0 Å². The zero-order valence-electron chi connectivity index (χ0n) is 10.6. The molecule has 1 saturated heterocycles. The van der Waals surface area contributed by atoms with Gasteiger partial charge in [-0.05, 0) is 26.8 Å². The molecule has 2 nitrogen and oxygen atoms in total. The van der Waals surface area contributed by atoms with Gasteiger partial charge in [-0.1, -0.05) is 36.0 Å². The normalized spacial score (nSPS) is 24.8. The van der Waals surface area contributed by atoms with Crippen molar-refractivity contribution in [3.8, 4) is 0 Å². The third kappa shape index (κ3) is 3.05. The van der Waals surface area contributed by atoms with E-state index in [-0.39, 0.29) is 12.2 Å². The molecular formula is C14H19NOS. The van der Waals surface area contributed by atoms with E-state index in [0.29, 0.717) is 0 Å². The molecule has 0 bridgehead atoms. The van der Waals surface area contributed by atoms with Gasteiger partial charge in [0.15, 0.2) is 0 Å². The van der Waals surface area contributed by atoms with E-state index in [9.17, 15) is 0 Å². The predicted molar refractivity (Wildman–Crippen MR) is 74.5 cm³/mol. The molecule has 1 aliphatic rings. The molecule has 0 saturated carbocycles. The summed E-state index contributed by atoms with van der Waals surface area (Å²) in [5, 5.41) is 0. The summed E-state index contributed by atoms with van der Waals surface area (Å²) in [4.78, 5) is 3.19. The number of morpholine rings is 1. The molecule has 2 unspecified atom stereocenters. The van der Waals surface area contributed by atoms with Crippen molar-refractivity contribution in [3.63, 3.8) is 0 Å². The first kappa shape index (κ1) is 12.5. The highest BCUT2D eigenvalue weighted by atomic mass is 32.1. The second kappa shape index (κ2) is 5.15. The Balaban J connectivity index is 2.14. The van der Waals surface area contributed by atoms with Crippen LogP contribution in [0.2, 0.25) is 0 Å². The molecule has 0 N–H and O–H groups in total. The van der Waals surface area contributed by atoms with Crippen molar-refractivity contribution in [1.82, 2.24) is 4.90 Å². The molecule has 3 heteroatoms. The lowest BCUT2D eigenvalue weighted by atomic mass is 10.1. The lowest BCUT2D eigenvalue weighted by Gasteiger charge is -2.37. The Labute approximate surface area is 109 Å². The molecule has 2 rings (SSSR count). The first-order chi connectivity index (χ1) is 8.06. The standard InChI is InChI=1S/C14H19NOS/c1-10-5-4-6-13(7-10)14(17)15-8-11(2)16-12(3)9-15/h4-7,11-12H,8-9H2,1-3H3. The summed E-state index contributed by atoms with van der Waals surface area (Å²) in [6, 6.07) is 8.38. The molecular weight excluding hydrogens is 230 g/mol. The maximum atomic E-state index is 5.72. The molecule has 0 spiro atoms. The fourth-order valence-corrected chi connectivity index (χ4v) is 2.58. The molecule has 1 heterocycles. The predicted octanol–water partition coefficient (Wildman–Crippen LogP) is 2.78. The molecule has 0 radical (unpaired) electrons. The molecule has 2 atom stereocenters. The summed E-state index contributed by atoms with van der Waals surface area (Å²) in [5.74, 6) is 0. The number of thiocarbonyl (C=S) groups is 1. The minimum absolute atomic E-state index is 0.251. The molecule has 1 aliphatic heterocycles. The maximum absolute atomic E-state index is 5.72. The van der Waals surface area contributed by atoms with Crippen LogP contribution in [0.1, 0.15) is 25.0 Å². The molecule has 1 aromatic carbocycles. The van der Waals surface area contributed by atoms with Gasteiger partial charge in [-0.25, -0.2) is 0 Å². The minimum atomic E-state index is 0.251. The minimum Gasteiger partial charge on any atom is -0.372 e. The fourth-order valence-electron chi connectivity index (χ4n) is 2.30. The van der Waals surface area contributed by atoms with Crippen LogP contribution in [0.15, 0.2) is 24.3 Å². The number of ether oxygens (including phenoxy) is 1. The average molecular weight is 249 g/mol.